The number of carbonyl (C=O) groups is 1. The fourth-order valence-electron chi connectivity index (χ4n) is 2.75. The van der Waals surface area contributed by atoms with Crippen molar-refractivity contribution in [2.24, 2.45) is 0 Å². The van der Waals surface area contributed by atoms with Crippen molar-refractivity contribution in [3.63, 3.8) is 0 Å². The Hall–Kier alpha value is -2.55. The van der Waals surface area contributed by atoms with E-state index in [4.69, 9.17) is 4.74 Å². The summed E-state index contributed by atoms with van der Waals surface area (Å²) in [5, 5.41) is 0. The Morgan fingerprint density at radius 3 is 2.65 bits per heavy atom. The average Bonchev–Trinajstić information content (AvgIpc) is 2.61. The van der Waals surface area contributed by atoms with Crippen molar-refractivity contribution in [2.45, 2.75) is 20.0 Å². The maximum absolute atomic E-state index is 12.1. The number of nitrogens with zero attached hydrogens (tertiary/aromatic N) is 1. The lowest BCUT2D eigenvalue weighted by molar-refractivity contribution is 0.0998. The van der Waals surface area contributed by atoms with Gasteiger partial charge in [0.1, 0.15) is 6.61 Å². The summed E-state index contributed by atoms with van der Waals surface area (Å²) < 4.78 is 5.39. The summed E-state index contributed by atoms with van der Waals surface area (Å²) in [6.45, 7) is 3.73. The van der Waals surface area contributed by atoms with E-state index in [0.29, 0.717) is 19.7 Å². The molecule has 0 atom stereocenters. The summed E-state index contributed by atoms with van der Waals surface area (Å²) in [5.74, 6) is 0. The zero-order valence-corrected chi connectivity index (χ0v) is 13.4. The van der Waals surface area contributed by atoms with Crippen LogP contribution < -0.4 is 0 Å². The van der Waals surface area contributed by atoms with Crippen LogP contribution in [0, 0.1) is 6.92 Å². The molecule has 0 fully saturated rings. The molecule has 3 nitrogen and oxygen atoms in total. The van der Waals surface area contributed by atoms with Gasteiger partial charge in [-0.3, -0.25) is 0 Å². The maximum atomic E-state index is 12.1. The number of aryl methyl sites for hydroxylation is 1. The first-order valence-corrected chi connectivity index (χ1v) is 7.94. The molecule has 1 aliphatic rings. The van der Waals surface area contributed by atoms with E-state index in [9.17, 15) is 4.79 Å². The van der Waals surface area contributed by atoms with Gasteiger partial charge in [-0.25, -0.2) is 4.79 Å². The molecule has 118 valence electrons. The smallest absolute Gasteiger partial charge is 0.410 e. The molecule has 2 aromatic carbocycles. The Kier molecular flexibility index (Phi) is 4.77. The third-order valence-electron chi connectivity index (χ3n) is 4.06. The Balaban J connectivity index is 1.56. The van der Waals surface area contributed by atoms with Gasteiger partial charge in [-0.15, -0.1) is 0 Å². The van der Waals surface area contributed by atoms with E-state index in [0.717, 1.165) is 12.0 Å². The number of carbonyl (C=O) groups excluding carboxylic acids is 1. The third kappa shape index (κ3) is 4.01. The zero-order chi connectivity index (χ0) is 16.1. The molecule has 1 heterocycles. The minimum Gasteiger partial charge on any atom is -0.445 e. The highest BCUT2D eigenvalue weighted by Crippen LogP contribution is 2.23. The number of benzene rings is 2. The van der Waals surface area contributed by atoms with Gasteiger partial charge >= 0.3 is 6.09 Å². The number of ether oxygens (including phenoxy) is 1. The standard InChI is InChI=1S/C20H21NO2/c1-16-6-5-9-19(14-16)18-10-12-21(13-11-18)20(22)23-15-17-7-3-2-4-8-17/h2-10,14H,11-13,15H2,1H3. The number of hydrogen-bond acceptors (Lipinski definition) is 2. The molecule has 0 saturated carbocycles. The van der Waals surface area contributed by atoms with E-state index in [1.54, 1.807) is 4.90 Å². The van der Waals surface area contributed by atoms with Gasteiger partial charge in [0.25, 0.3) is 0 Å². The summed E-state index contributed by atoms with van der Waals surface area (Å²) in [7, 11) is 0. The number of amides is 1. The molecule has 0 N–H and O–H groups in total. The highest BCUT2D eigenvalue weighted by atomic mass is 16.6. The van der Waals surface area contributed by atoms with E-state index in [-0.39, 0.29) is 6.09 Å². The highest BCUT2D eigenvalue weighted by Gasteiger charge is 2.19. The van der Waals surface area contributed by atoms with Crippen LogP contribution in [0.2, 0.25) is 0 Å². The molecular weight excluding hydrogens is 286 g/mol. The van der Waals surface area contributed by atoms with Crippen LogP contribution in [0.5, 0.6) is 0 Å². The predicted molar refractivity (Wildman–Crippen MR) is 92.0 cm³/mol. The summed E-state index contributed by atoms with van der Waals surface area (Å²) in [4.78, 5) is 13.9. The molecule has 0 bridgehead atoms. The molecule has 1 amide bonds. The summed E-state index contributed by atoms with van der Waals surface area (Å²) >= 11 is 0. The van der Waals surface area contributed by atoms with Crippen LogP contribution in [0.1, 0.15) is 23.1 Å². The van der Waals surface area contributed by atoms with Crippen molar-refractivity contribution in [1.82, 2.24) is 4.90 Å². The fourth-order valence-corrected chi connectivity index (χ4v) is 2.75. The summed E-state index contributed by atoms with van der Waals surface area (Å²) in [5.41, 5.74) is 4.82. The quantitative estimate of drug-likeness (QED) is 0.840. The van der Waals surface area contributed by atoms with E-state index in [1.165, 1.54) is 16.7 Å². The lowest BCUT2D eigenvalue weighted by Crippen LogP contribution is -2.35. The van der Waals surface area contributed by atoms with E-state index >= 15 is 0 Å². The van der Waals surface area contributed by atoms with Crippen LogP contribution in [0.15, 0.2) is 60.7 Å². The van der Waals surface area contributed by atoms with Gasteiger partial charge in [-0.05, 0) is 30.0 Å². The van der Waals surface area contributed by atoms with Gasteiger partial charge in [0.05, 0.1) is 0 Å². The Morgan fingerprint density at radius 1 is 1.13 bits per heavy atom. The zero-order valence-electron chi connectivity index (χ0n) is 13.4. The predicted octanol–water partition coefficient (Wildman–Crippen LogP) is 4.42. The average molecular weight is 307 g/mol. The lowest BCUT2D eigenvalue weighted by Gasteiger charge is -2.26. The molecule has 3 heteroatoms. The highest BCUT2D eigenvalue weighted by molar-refractivity contribution is 5.72. The van der Waals surface area contributed by atoms with Gasteiger partial charge in [-0.2, -0.15) is 0 Å². The first-order chi connectivity index (χ1) is 11.2. The minimum absolute atomic E-state index is 0.242. The van der Waals surface area contributed by atoms with Crippen molar-refractivity contribution in [2.75, 3.05) is 13.1 Å². The molecule has 23 heavy (non-hydrogen) atoms. The Labute approximate surface area is 137 Å². The monoisotopic (exact) mass is 307 g/mol. The van der Waals surface area contributed by atoms with Gasteiger partial charge < -0.3 is 9.64 Å². The van der Waals surface area contributed by atoms with Crippen LogP contribution in [0.25, 0.3) is 5.57 Å². The van der Waals surface area contributed by atoms with E-state index < -0.39 is 0 Å². The van der Waals surface area contributed by atoms with Crippen LogP contribution in [0.3, 0.4) is 0 Å². The maximum Gasteiger partial charge on any atom is 0.410 e. The Morgan fingerprint density at radius 2 is 1.96 bits per heavy atom. The van der Waals surface area contributed by atoms with Gasteiger partial charge in [0.15, 0.2) is 0 Å². The molecule has 2 aromatic rings. The van der Waals surface area contributed by atoms with Crippen LogP contribution in [0.4, 0.5) is 4.79 Å². The molecule has 0 radical (unpaired) electrons. The second-order valence-electron chi connectivity index (χ2n) is 5.84. The topological polar surface area (TPSA) is 29.5 Å². The van der Waals surface area contributed by atoms with Gasteiger partial charge in [0.2, 0.25) is 0 Å². The van der Waals surface area contributed by atoms with Crippen molar-refractivity contribution < 1.29 is 9.53 Å². The van der Waals surface area contributed by atoms with Crippen molar-refractivity contribution in [1.29, 1.82) is 0 Å². The van der Waals surface area contributed by atoms with Crippen molar-refractivity contribution >= 4 is 11.7 Å². The second kappa shape index (κ2) is 7.14. The molecule has 0 aromatic heterocycles. The van der Waals surface area contributed by atoms with E-state index in [2.05, 4.69) is 37.3 Å². The first kappa shape index (κ1) is 15.3. The molecular formula is C20H21NO2. The summed E-state index contributed by atoms with van der Waals surface area (Å²) in [6.07, 6.45) is 2.75. The van der Waals surface area contributed by atoms with Crippen LogP contribution in [-0.2, 0) is 11.3 Å². The second-order valence-corrected chi connectivity index (χ2v) is 5.84. The first-order valence-electron chi connectivity index (χ1n) is 7.94. The molecule has 0 aliphatic carbocycles. The van der Waals surface area contributed by atoms with Gasteiger partial charge in [0, 0.05) is 13.1 Å². The molecule has 3 rings (SSSR count). The van der Waals surface area contributed by atoms with E-state index in [1.807, 2.05) is 30.3 Å². The molecule has 0 saturated heterocycles. The van der Waals surface area contributed by atoms with Crippen molar-refractivity contribution in [3.05, 3.63) is 77.4 Å². The molecule has 1 aliphatic heterocycles. The van der Waals surface area contributed by atoms with Gasteiger partial charge in [-0.1, -0.05) is 66.2 Å². The van der Waals surface area contributed by atoms with Crippen LogP contribution in [-0.4, -0.2) is 24.1 Å². The third-order valence-corrected chi connectivity index (χ3v) is 4.06. The number of hydrogen-bond donors (Lipinski definition) is 0. The summed E-state index contributed by atoms with van der Waals surface area (Å²) in [6, 6.07) is 18.2. The largest absolute Gasteiger partial charge is 0.445 e. The molecule has 0 spiro atoms. The minimum atomic E-state index is -0.242. The fraction of sp³-hybridized carbons (Fsp3) is 0.250. The lowest BCUT2D eigenvalue weighted by atomic mass is 9.98. The SMILES string of the molecule is Cc1cccc(C2=CCN(C(=O)OCc3ccccc3)CC2)c1. The molecule has 0 unspecified atom stereocenters. The number of rotatable bonds is 3. The Bertz CT molecular complexity index is 707. The van der Waals surface area contributed by atoms with Crippen molar-refractivity contribution in [3.8, 4) is 0 Å². The van der Waals surface area contributed by atoms with Crippen LogP contribution >= 0.6 is 0 Å². The normalized spacial score (nSPS) is 14.3.